The van der Waals surface area contributed by atoms with Crippen molar-refractivity contribution in [3.05, 3.63) is 35.4 Å². The Balaban J connectivity index is 2.28. The van der Waals surface area contributed by atoms with Gasteiger partial charge in [-0.25, -0.2) is 0 Å². The van der Waals surface area contributed by atoms with E-state index in [4.69, 9.17) is 9.47 Å². The van der Waals surface area contributed by atoms with Gasteiger partial charge >= 0.3 is 0 Å². The lowest BCUT2D eigenvalue weighted by atomic mass is 10.00. The zero-order chi connectivity index (χ0) is 15.0. The van der Waals surface area contributed by atoms with E-state index in [2.05, 4.69) is 57.3 Å². The summed E-state index contributed by atoms with van der Waals surface area (Å²) in [4.78, 5) is 0. The van der Waals surface area contributed by atoms with Gasteiger partial charge in [-0.05, 0) is 44.9 Å². The molecule has 0 aliphatic rings. The maximum absolute atomic E-state index is 5.63. The van der Waals surface area contributed by atoms with Gasteiger partial charge < -0.3 is 14.8 Å². The topological polar surface area (TPSA) is 30.5 Å². The van der Waals surface area contributed by atoms with Crippen molar-refractivity contribution in [3.63, 3.8) is 0 Å². The van der Waals surface area contributed by atoms with Crippen molar-refractivity contribution in [2.45, 2.75) is 45.8 Å². The number of likely N-dealkylation sites (N-methyl/N-ethyl adjacent to an activating group) is 1. The first-order chi connectivity index (χ1) is 9.42. The summed E-state index contributed by atoms with van der Waals surface area (Å²) in [5.41, 5.74) is 2.48. The van der Waals surface area contributed by atoms with E-state index >= 15 is 0 Å². The highest BCUT2D eigenvalue weighted by molar-refractivity contribution is 5.24. The summed E-state index contributed by atoms with van der Waals surface area (Å²) in [5.74, 6) is 0.537. The molecule has 1 N–H and O–H groups in total. The highest BCUT2D eigenvalue weighted by atomic mass is 16.5. The van der Waals surface area contributed by atoms with Crippen LogP contribution in [0.4, 0.5) is 0 Å². The van der Waals surface area contributed by atoms with Gasteiger partial charge in [0.25, 0.3) is 0 Å². The molecular weight excluding hydrogens is 250 g/mol. The Morgan fingerprint density at radius 3 is 2.30 bits per heavy atom. The number of hydrogen-bond donors (Lipinski definition) is 1. The molecule has 1 rings (SSSR count). The standard InChI is InChI=1S/C17H29NO2/c1-14(12-18-5)16-8-6-15(7-9-16)13-19-10-11-20-17(2,3)4/h6-9,14,18H,10-13H2,1-5H3. The summed E-state index contributed by atoms with van der Waals surface area (Å²) < 4.78 is 11.2. The first-order valence-corrected chi connectivity index (χ1v) is 7.37. The average Bonchev–Trinajstić information content (AvgIpc) is 2.38. The maximum atomic E-state index is 5.63. The summed E-state index contributed by atoms with van der Waals surface area (Å²) in [5, 5.41) is 3.20. The van der Waals surface area contributed by atoms with Gasteiger partial charge in [0.05, 0.1) is 25.4 Å². The Morgan fingerprint density at radius 1 is 1.10 bits per heavy atom. The van der Waals surface area contributed by atoms with Crippen molar-refractivity contribution >= 4 is 0 Å². The predicted molar refractivity (Wildman–Crippen MR) is 84.1 cm³/mol. The monoisotopic (exact) mass is 279 g/mol. The van der Waals surface area contributed by atoms with Crippen LogP contribution in [-0.4, -0.2) is 32.4 Å². The third-order valence-electron chi connectivity index (χ3n) is 3.09. The summed E-state index contributed by atoms with van der Waals surface area (Å²) in [7, 11) is 1.98. The Kier molecular flexibility index (Phi) is 7.20. The first kappa shape index (κ1) is 17.2. The maximum Gasteiger partial charge on any atom is 0.0718 e. The zero-order valence-electron chi connectivity index (χ0n) is 13.5. The van der Waals surface area contributed by atoms with Gasteiger partial charge in [-0.15, -0.1) is 0 Å². The lowest BCUT2D eigenvalue weighted by molar-refractivity contribution is -0.0376. The fourth-order valence-corrected chi connectivity index (χ4v) is 1.96. The highest BCUT2D eigenvalue weighted by Crippen LogP contribution is 2.15. The number of rotatable bonds is 8. The molecule has 1 atom stereocenters. The van der Waals surface area contributed by atoms with Crippen LogP contribution in [0.3, 0.4) is 0 Å². The Bertz CT molecular complexity index is 368. The summed E-state index contributed by atoms with van der Waals surface area (Å²) in [6.45, 7) is 11.3. The molecule has 0 amide bonds. The minimum atomic E-state index is -0.0888. The molecule has 3 nitrogen and oxygen atoms in total. The second kappa shape index (κ2) is 8.40. The van der Waals surface area contributed by atoms with Crippen LogP contribution in [0.1, 0.15) is 44.7 Å². The largest absolute Gasteiger partial charge is 0.374 e. The third kappa shape index (κ3) is 7.04. The van der Waals surface area contributed by atoms with Crippen molar-refractivity contribution in [2.24, 2.45) is 0 Å². The highest BCUT2D eigenvalue weighted by Gasteiger charge is 2.09. The number of hydrogen-bond acceptors (Lipinski definition) is 3. The second-order valence-corrected chi connectivity index (χ2v) is 6.21. The van der Waals surface area contributed by atoms with E-state index in [0.29, 0.717) is 25.7 Å². The Labute approximate surface area is 123 Å². The molecule has 0 aromatic heterocycles. The van der Waals surface area contributed by atoms with Crippen LogP contribution in [0.5, 0.6) is 0 Å². The van der Waals surface area contributed by atoms with Crippen LogP contribution < -0.4 is 5.32 Å². The molecule has 0 aliphatic heterocycles. The quantitative estimate of drug-likeness (QED) is 0.740. The lowest BCUT2D eigenvalue weighted by Gasteiger charge is -2.19. The lowest BCUT2D eigenvalue weighted by Crippen LogP contribution is -2.21. The van der Waals surface area contributed by atoms with Gasteiger partial charge in [0.15, 0.2) is 0 Å². The van der Waals surface area contributed by atoms with Crippen molar-refractivity contribution < 1.29 is 9.47 Å². The van der Waals surface area contributed by atoms with Crippen LogP contribution in [0.25, 0.3) is 0 Å². The molecule has 3 heteroatoms. The minimum Gasteiger partial charge on any atom is -0.374 e. The smallest absolute Gasteiger partial charge is 0.0718 e. The molecular formula is C17H29NO2. The molecule has 1 aromatic carbocycles. The van der Waals surface area contributed by atoms with E-state index < -0.39 is 0 Å². The molecule has 0 heterocycles. The van der Waals surface area contributed by atoms with Gasteiger partial charge in [0, 0.05) is 6.54 Å². The molecule has 0 saturated carbocycles. The van der Waals surface area contributed by atoms with E-state index in [9.17, 15) is 0 Å². The average molecular weight is 279 g/mol. The van der Waals surface area contributed by atoms with Crippen molar-refractivity contribution in [2.75, 3.05) is 26.8 Å². The zero-order valence-corrected chi connectivity index (χ0v) is 13.5. The van der Waals surface area contributed by atoms with Gasteiger partial charge in [-0.2, -0.15) is 0 Å². The van der Waals surface area contributed by atoms with Gasteiger partial charge in [0.2, 0.25) is 0 Å². The van der Waals surface area contributed by atoms with Crippen LogP contribution in [0.2, 0.25) is 0 Å². The SMILES string of the molecule is CNCC(C)c1ccc(COCCOC(C)(C)C)cc1. The van der Waals surface area contributed by atoms with Crippen LogP contribution in [0, 0.1) is 0 Å². The predicted octanol–water partition coefficient (Wildman–Crippen LogP) is 3.34. The number of ether oxygens (including phenoxy) is 2. The van der Waals surface area contributed by atoms with Crippen LogP contribution in [-0.2, 0) is 16.1 Å². The van der Waals surface area contributed by atoms with E-state index in [0.717, 1.165) is 6.54 Å². The van der Waals surface area contributed by atoms with E-state index in [1.165, 1.54) is 11.1 Å². The normalized spacial score (nSPS) is 13.4. The third-order valence-corrected chi connectivity index (χ3v) is 3.09. The molecule has 20 heavy (non-hydrogen) atoms. The number of benzene rings is 1. The first-order valence-electron chi connectivity index (χ1n) is 7.37. The van der Waals surface area contributed by atoms with E-state index in [1.54, 1.807) is 0 Å². The fourth-order valence-electron chi connectivity index (χ4n) is 1.96. The minimum absolute atomic E-state index is 0.0888. The molecule has 114 valence electrons. The molecule has 0 fully saturated rings. The fraction of sp³-hybridized carbons (Fsp3) is 0.647. The van der Waals surface area contributed by atoms with Gasteiger partial charge in [-0.1, -0.05) is 31.2 Å². The van der Waals surface area contributed by atoms with Crippen molar-refractivity contribution in [1.29, 1.82) is 0 Å². The molecule has 0 spiro atoms. The summed E-state index contributed by atoms with van der Waals surface area (Å²) in [6.07, 6.45) is 0. The Hall–Kier alpha value is -0.900. The Morgan fingerprint density at radius 2 is 1.75 bits per heavy atom. The molecule has 0 saturated heterocycles. The molecule has 0 aliphatic carbocycles. The summed E-state index contributed by atoms with van der Waals surface area (Å²) >= 11 is 0. The van der Waals surface area contributed by atoms with E-state index in [-0.39, 0.29) is 5.60 Å². The van der Waals surface area contributed by atoms with Crippen molar-refractivity contribution in [3.8, 4) is 0 Å². The van der Waals surface area contributed by atoms with E-state index in [1.807, 2.05) is 7.05 Å². The van der Waals surface area contributed by atoms with Gasteiger partial charge in [0.1, 0.15) is 0 Å². The number of nitrogens with one attached hydrogen (secondary N) is 1. The van der Waals surface area contributed by atoms with Gasteiger partial charge in [-0.3, -0.25) is 0 Å². The summed E-state index contributed by atoms with van der Waals surface area (Å²) in [6, 6.07) is 8.66. The van der Waals surface area contributed by atoms with Crippen LogP contribution in [0.15, 0.2) is 24.3 Å². The van der Waals surface area contributed by atoms with Crippen molar-refractivity contribution in [1.82, 2.24) is 5.32 Å². The second-order valence-electron chi connectivity index (χ2n) is 6.21. The molecule has 1 aromatic rings. The molecule has 1 unspecified atom stereocenters. The molecule has 0 radical (unpaired) electrons. The van der Waals surface area contributed by atoms with Crippen LogP contribution >= 0.6 is 0 Å². The molecule has 0 bridgehead atoms.